The number of amides is 1. The van der Waals surface area contributed by atoms with Crippen LogP contribution in [0.15, 0.2) is 63.5 Å². The van der Waals surface area contributed by atoms with Crippen molar-refractivity contribution in [3.8, 4) is 11.5 Å². The number of halogens is 1. The molecule has 1 aliphatic rings. The molecule has 0 saturated carbocycles. The van der Waals surface area contributed by atoms with E-state index in [0.29, 0.717) is 27.3 Å². The van der Waals surface area contributed by atoms with Crippen molar-refractivity contribution >= 4 is 27.5 Å². The predicted octanol–water partition coefficient (Wildman–Crippen LogP) is 2.46. The molecule has 0 aliphatic carbocycles. The van der Waals surface area contributed by atoms with Gasteiger partial charge in [-0.05, 0) is 46.8 Å². The zero-order valence-electron chi connectivity index (χ0n) is 17.2. The first-order valence-corrected chi connectivity index (χ1v) is 11.0. The molecule has 5 rings (SSSR count). The molecule has 1 N–H and O–H groups in total. The SMILES string of the molecule is O=C(Cn1c(=O)n(Cc2ccc(F)cc2)c(=O)c2sccc21)NCc1ccc2c(c1)OCO2. The van der Waals surface area contributed by atoms with E-state index in [1.54, 1.807) is 23.6 Å². The van der Waals surface area contributed by atoms with Gasteiger partial charge in [-0.3, -0.25) is 18.7 Å². The molecule has 0 saturated heterocycles. The van der Waals surface area contributed by atoms with Gasteiger partial charge in [0.15, 0.2) is 11.5 Å². The third-order valence-corrected chi connectivity index (χ3v) is 6.21. The summed E-state index contributed by atoms with van der Waals surface area (Å²) in [7, 11) is 0. The molecule has 4 aromatic rings. The molecule has 2 aromatic heterocycles. The highest BCUT2D eigenvalue weighted by molar-refractivity contribution is 7.17. The highest BCUT2D eigenvalue weighted by Gasteiger charge is 2.17. The van der Waals surface area contributed by atoms with Crippen LogP contribution >= 0.6 is 11.3 Å². The second-order valence-electron chi connectivity index (χ2n) is 7.49. The maximum atomic E-state index is 13.2. The molecule has 0 fully saturated rings. The molecular weight excluding hydrogens is 449 g/mol. The Balaban J connectivity index is 1.39. The summed E-state index contributed by atoms with van der Waals surface area (Å²) in [6.45, 7) is 0.134. The fourth-order valence-corrected chi connectivity index (χ4v) is 4.49. The second-order valence-corrected chi connectivity index (χ2v) is 8.40. The van der Waals surface area contributed by atoms with Crippen molar-refractivity contribution < 1.29 is 18.7 Å². The van der Waals surface area contributed by atoms with Crippen LogP contribution in [0, 0.1) is 5.82 Å². The molecule has 0 spiro atoms. The molecule has 1 aliphatic heterocycles. The normalized spacial score (nSPS) is 12.3. The number of ether oxygens (including phenoxy) is 2. The van der Waals surface area contributed by atoms with Gasteiger partial charge in [-0.15, -0.1) is 11.3 Å². The van der Waals surface area contributed by atoms with E-state index < -0.39 is 17.1 Å². The number of nitrogens with one attached hydrogen (secondary N) is 1. The Kier molecular flexibility index (Phi) is 5.43. The first kappa shape index (κ1) is 21.0. The first-order valence-electron chi connectivity index (χ1n) is 10.1. The predicted molar refractivity (Wildman–Crippen MR) is 120 cm³/mol. The average Bonchev–Trinajstić information content (AvgIpc) is 3.49. The number of nitrogens with zero attached hydrogens (tertiary/aromatic N) is 2. The van der Waals surface area contributed by atoms with Crippen molar-refractivity contribution in [2.75, 3.05) is 6.79 Å². The third-order valence-electron chi connectivity index (χ3n) is 5.32. The van der Waals surface area contributed by atoms with Crippen molar-refractivity contribution in [1.82, 2.24) is 14.5 Å². The summed E-state index contributed by atoms with van der Waals surface area (Å²) in [5.41, 5.74) is 0.788. The Hall–Kier alpha value is -3.92. The van der Waals surface area contributed by atoms with Crippen molar-refractivity contribution in [2.45, 2.75) is 19.6 Å². The summed E-state index contributed by atoms with van der Waals surface area (Å²) in [5.74, 6) is 0.483. The first-order chi connectivity index (χ1) is 16.0. The zero-order chi connectivity index (χ0) is 22.9. The van der Waals surface area contributed by atoms with Crippen molar-refractivity contribution in [3.63, 3.8) is 0 Å². The highest BCUT2D eigenvalue weighted by atomic mass is 32.1. The minimum Gasteiger partial charge on any atom is -0.454 e. The lowest BCUT2D eigenvalue weighted by Gasteiger charge is -2.13. The average molecular weight is 467 g/mol. The summed E-state index contributed by atoms with van der Waals surface area (Å²) in [6.07, 6.45) is 0. The minimum atomic E-state index is -0.603. The summed E-state index contributed by atoms with van der Waals surface area (Å²) in [5, 5.41) is 4.50. The van der Waals surface area contributed by atoms with Gasteiger partial charge in [0.05, 0.1) is 12.1 Å². The lowest BCUT2D eigenvalue weighted by Crippen LogP contribution is -2.42. The Morgan fingerprint density at radius 1 is 1.00 bits per heavy atom. The number of carbonyl (C=O) groups excluding carboxylic acids is 1. The van der Waals surface area contributed by atoms with Crippen LogP contribution < -0.4 is 26.0 Å². The summed E-state index contributed by atoms with van der Waals surface area (Å²) >= 11 is 1.20. The monoisotopic (exact) mass is 467 g/mol. The number of aromatic nitrogens is 2. The molecule has 2 aromatic carbocycles. The Labute approximate surface area is 190 Å². The zero-order valence-corrected chi connectivity index (χ0v) is 18.1. The van der Waals surface area contributed by atoms with E-state index in [0.717, 1.165) is 10.1 Å². The molecule has 0 atom stereocenters. The van der Waals surface area contributed by atoms with Gasteiger partial charge in [-0.25, -0.2) is 9.18 Å². The van der Waals surface area contributed by atoms with Gasteiger partial charge in [0, 0.05) is 6.54 Å². The van der Waals surface area contributed by atoms with Crippen molar-refractivity contribution in [1.29, 1.82) is 0 Å². The Morgan fingerprint density at radius 2 is 1.76 bits per heavy atom. The maximum Gasteiger partial charge on any atom is 0.332 e. The lowest BCUT2D eigenvalue weighted by atomic mass is 10.2. The van der Waals surface area contributed by atoms with Gasteiger partial charge in [0.1, 0.15) is 17.1 Å². The third kappa shape index (κ3) is 4.12. The van der Waals surface area contributed by atoms with Gasteiger partial charge in [-0.1, -0.05) is 18.2 Å². The molecule has 0 bridgehead atoms. The van der Waals surface area contributed by atoms with Crippen LogP contribution in [-0.2, 0) is 24.4 Å². The minimum absolute atomic E-state index is 0.0232. The number of fused-ring (bicyclic) bond motifs is 2. The van der Waals surface area contributed by atoms with Crippen LogP contribution in [0.3, 0.4) is 0 Å². The molecule has 8 nitrogen and oxygen atoms in total. The van der Waals surface area contributed by atoms with E-state index in [4.69, 9.17) is 9.47 Å². The van der Waals surface area contributed by atoms with Crippen LogP contribution in [0.25, 0.3) is 10.2 Å². The molecule has 33 heavy (non-hydrogen) atoms. The number of rotatable bonds is 6. The molecular formula is C23H18FN3O5S. The lowest BCUT2D eigenvalue weighted by molar-refractivity contribution is -0.121. The fraction of sp³-hybridized carbons (Fsp3) is 0.174. The molecule has 3 heterocycles. The maximum absolute atomic E-state index is 13.2. The molecule has 1 amide bonds. The van der Waals surface area contributed by atoms with Gasteiger partial charge >= 0.3 is 5.69 Å². The molecule has 168 valence electrons. The van der Waals surface area contributed by atoms with Crippen LogP contribution in [0.1, 0.15) is 11.1 Å². The smallest absolute Gasteiger partial charge is 0.332 e. The number of thiophene rings is 1. The van der Waals surface area contributed by atoms with Crippen LogP contribution in [-0.4, -0.2) is 21.8 Å². The van der Waals surface area contributed by atoms with Crippen molar-refractivity contribution in [2.24, 2.45) is 0 Å². The van der Waals surface area contributed by atoms with Gasteiger partial charge < -0.3 is 14.8 Å². The standard InChI is InChI=1S/C23H18FN3O5S/c24-16-4-1-14(2-5-16)11-27-22(29)21-17(7-8-33-21)26(23(27)30)12-20(28)25-10-15-3-6-18-19(9-15)32-13-31-18/h1-9H,10-13H2,(H,25,28). The number of carbonyl (C=O) groups is 1. The van der Waals surface area contributed by atoms with Crippen LogP contribution in [0.4, 0.5) is 4.39 Å². The van der Waals surface area contributed by atoms with E-state index in [9.17, 15) is 18.8 Å². The number of benzene rings is 2. The van der Waals surface area contributed by atoms with Crippen molar-refractivity contribution in [3.05, 3.63) is 91.7 Å². The summed E-state index contributed by atoms with van der Waals surface area (Å²) in [6, 6.07) is 12.6. The number of hydrogen-bond donors (Lipinski definition) is 1. The van der Waals surface area contributed by atoms with Crippen LogP contribution in [0.5, 0.6) is 11.5 Å². The van der Waals surface area contributed by atoms with E-state index in [-0.39, 0.29) is 32.3 Å². The molecule has 0 unspecified atom stereocenters. The summed E-state index contributed by atoms with van der Waals surface area (Å²) in [4.78, 5) is 38.7. The van der Waals surface area contributed by atoms with E-state index in [1.807, 2.05) is 6.07 Å². The highest BCUT2D eigenvalue weighted by Crippen LogP contribution is 2.32. The largest absolute Gasteiger partial charge is 0.454 e. The fourth-order valence-electron chi connectivity index (χ4n) is 3.65. The Morgan fingerprint density at radius 3 is 2.58 bits per heavy atom. The van der Waals surface area contributed by atoms with Crippen LogP contribution in [0.2, 0.25) is 0 Å². The summed E-state index contributed by atoms with van der Waals surface area (Å²) < 4.78 is 26.6. The van der Waals surface area contributed by atoms with E-state index in [1.165, 1.54) is 40.2 Å². The number of hydrogen-bond acceptors (Lipinski definition) is 6. The molecule has 0 radical (unpaired) electrons. The van der Waals surface area contributed by atoms with Gasteiger partial charge in [0.25, 0.3) is 5.56 Å². The van der Waals surface area contributed by atoms with E-state index in [2.05, 4.69) is 5.32 Å². The molecule has 10 heteroatoms. The Bertz CT molecular complexity index is 1470. The van der Waals surface area contributed by atoms with Gasteiger partial charge in [-0.2, -0.15) is 0 Å². The van der Waals surface area contributed by atoms with E-state index >= 15 is 0 Å². The second kappa shape index (κ2) is 8.55. The van der Waals surface area contributed by atoms with Gasteiger partial charge in [0.2, 0.25) is 12.7 Å². The quantitative estimate of drug-likeness (QED) is 0.471. The topological polar surface area (TPSA) is 91.6 Å².